The lowest BCUT2D eigenvalue weighted by molar-refractivity contribution is 0.611. The van der Waals surface area contributed by atoms with Gasteiger partial charge in [-0.05, 0) is 43.9 Å². The van der Waals surface area contributed by atoms with E-state index in [0.717, 1.165) is 30.8 Å². The van der Waals surface area contributed by atoms with Crippen LogP contribution < -0.4 is 10.6 Å². The molecule has 0 saturated heterocycles. The summed E-state index contributed by atoms with van der Waals surface area (Å²) in [7, 11) is 0. The zero-order chi connectivity index (χ0) is 15.4. The molecule has 2 rings (SSSR count). The third-order valence-electron chi connectivity index (χ3n) is 3.59. The molecule has 1 aromatic carbocycles. The zero-order valence-electron chi connectivity index (χ0n) is 13.6. The average Bonchev–Trinajstić information content (AvgIpc) is 2.43. The summed E-state index contributed by atoms with van der Waals surface area (Å²) >= 11 is 0. The molecule has 2 N–H and O–H groups in total. The van der Waals surface area contributed by atoms with Gasteiger partial charge in [-0.3, -0.25) is 0 Å². The van der Waals surface area contributed by atoms with E-state index >= 15 is 0 Å². The second-order valence-corrected chi connectivity index (χ2v) is 6.28. The van der Waals surface area contributed by atoms with Gasteiger partial charge in [-0.15, -0.1) is 0 Å². The van der Waals surface area contributed by atoms with Gasteiger partial charge in [0.15, 0.2) is 0 Å². The molecule has 21 heavy (non-hydrogen) atoms. The van der Waals surface area contributed by atoms with Crippen LogP contribution >= 0.6 is 0 Å². The highest BCUT2D eigenvalue weighted by atomic mass is 15.2. The third kappa shape index (κ3) is 3.94. The highest BCUT2D eigenvalue weighted by Crippen LogP contribution is 2.25. The van der Waals surface area contributed by atoms with E-state index in [1.54, 1.807) is 0 Å². The van der Waals surface area contributed by atoms with Crippen molar-refractivity contribution in [2.24, 2.45) is 11.7 Å². The van der Waals surface area contributed by atoms with Crippen molar-refractivity contribution in [3.63, 3.8) is 0 Å². The average molecular weight is 285 g/mol. The van der Waals surface area contributed by atoms with Crippen LogP contribution in [0.15, 0.2) is 30.3 Å². The van der Waals surface area contributed by atoms with E-state index in [1.807, 2.05) is 6.07 Å². The maximum Gasteiger partial charge on any atom is 0.132 e. The number of nitrogens with two attached hydrogens (primary N) is 1. The molecule has 114 valence electrons. The topological polar surface area (TPSA) is 42.2 Å². The molecule has 0 aliphatic carbocycles. The maximum atomic E-state index is 6.03. The second kappa shape index (κ2) is 6.90. The number of para-hydroxylation sites is 1. The van der Waals surface area contributed by atoms with Crippen molar-refractivity contribution in [3.05, 3.63) is 35.9 Å². The summed E-state index contributed by atoms with van der Waals surface area (Å²) in [5.41, 5.74) is 8.35. The van der Waals surface area contributed by atoms with Crippen LogP contribution in [-0.4, -0.2) is 24.1 Å². The fourth-order valence-electron chi connectivity index (χ4n) is 2.73. The summed E-state index contributed by atoms with van der Waals surface area (Å²) in [6, 6.07) is 10.7. The first-order chi connectivity index (χ1) is 10.0. The molecule has 1 heterocycles. The monoisotopic (exact) mass is 285 g/mol. The smallest absolute Gasteiger partial charge is 0.132 e. The molecular formula is C18H27N3. The molecule has 2 aromatic rings. The van der Waals surface area contributed by atoms with Gasteiger partial charge < -0.3 is 10.6 Å². The Morgan fingerprint density at radius 3 is 2.52 bits per heavy atom. The maximum absolute atomic E-state index is 6.03. The Balaban J connectivity index is 2.51. The van der Waals surface area contributed by atoms with Crippen molar-refractivity contribution in [3.8, 4) is 0 Å². The molecule has 0 spiro atoms. The van der Waals surface area contributed by atoms with Crippen LogP contribution in [0, 0.1) is 5.92 Å². The number of fused-ring (bicyclic) bond motifs is 1. The fourth-order valence-corrected chi connectivity index (χ4v) is 2.73. The van der Waals surface area contributed by atoms with Crippen molar-refractivity contribution in [2.75, 3.05) is 18.0 Å². The van der Waals surface area contributed by atoms with E-state index in [2.05, 4.69) is 56.9 Å². The van der Waals surface area contributed by atoms with Gasteiger partial charge in [0.05, 0.1) is 5.52 Å². The van der Waals surface area contributed by atoms with Gasteiger partial charge >= 0.3 is 0 Å². The Bertz CT molecular complexity index is 590. The van der Waals surface area contributed by atoms with E-state index in [9.17, 15) is 0 Å². The number of anilines is 1. The van der Waals surface area contributed by atoms with Crippen molar-refractivity contribution in [2.45, 2.75) is 40.2 Å². The molecular weight excluding hydrogens is 258 g/mol. The van der Waals surface area contributed by atoms with Crippen molar-refractivity contribution in [1.82, 2.24) is 4.98 Å². The highest BCUT2D eigenvalue weighted by Gasteiger charge is 2.15. The minimum Gasteiger partial charge on any atom is -0.356 e. The van der Waals surface area contributed by atoms with Crippen molar-refractivity contribution in [1.29, 1.82) is 0 Å². The first-order valence-corrected chi connectivity index (χ1v) is 7.90. The van der Waals surface area contributed by atoms with Crippen LogP contribution in [0.25, 0.3) is 10.9 Å². The number of rotatable bonds is 6. The molecule has 1 unspecified atom stereocenters. The van der Waals surface area contributed by atoms with Gasteiger partial charge in [0.1, 0.15) is 5.82 Å². The van der Waals surface area contributed by atoms with Crippen LogP contribution in [0.1, 0.15) is 33.3 Å². The third-order valence-corrected chi connectivity index (χ3v) is 3.59. The van der Waals surface area contributed by atoms with Crippen LogP contribution in [-0.2, 0) is 6.42 Å². The molecule has 1 aromatic heterocycles. The number of nitrogens with zero attached hydrogens (tertiary/aromatic N) is 2. The van der Waals surface area contributed by atoms with Gasteiger partial charge in [0, 0.05) is 24.5 Å². The summed E-state index contributed by atoms with van der Waals surface area (Å²) in [5, 5.41) is 1.19. The predicted octanol–water partition coefficient (Wildman–Crippen LogP) is 3.61. The molecule has 3 nitrogen and oxygen atoms in total. The molecule has 3 heteroatoms. The van der Waals surface area contributed by atoms with E-state index < -0.39 is 0 Å². The molecule has 0 fully saturated rings. The zero-order valence-corrected chi connectivity index (χ0v) is 13.6. The summed E-state index contributed by atoms with van der Waals surface area (Å²) in [6.07, 6.45) is 0.863. The molecule has 0 bridgehead atoms. The molecule has 1 atom stereocenters. The lowest BCUT2D eigenvalue weighted by Crippen LogP contribution is -2.30. The van der Waals surface area contributed by atoms with Crippen molar-refractivity contribution < 1.29 is 0 Å². The summed E-state index contributed by atoms with van der Waals surface area (Å²) in [6.45, 7) is 10.7. The van der Waals surface area contributed by atoms with E-state index in [4.69, 9.17) is 10.7 Å². The normalized spacial score (nSPS) is 12.9. The van der Waals surface area contributed by atoms with Gasteiger partial charge in [0.25, 0.3) is 0 Å². The Hall–Kier alpha value is -1.61. The summed E-state index contributed by atoms with van der Waals surface area (Å²) in [5.74, 6) is 1.71. The number of benzene rings is 1. The first-order valence-electron chi connectivity index (χ1n) is 7.90. The summed E-state index contributed by atoms with van der Waals surface area (Å²) < 4.78 is 0. The lowest BCUT2D eigenvalue weighted by Gasteiger charge is -2.27. The van der Waals surface area contributed by atoms with Gasteiger partial charge in [0.2, 0.25) is 0 Å². The first kappa shape index (κ1) is 15.8. The standard InChI is InChI=1S/C18H27N3/c1-5-21(12-13(2)3)18-16(10-14(4)19)11-15-8-6-7-9-17(15)20-18/h6-9,11,13-14H,5,10,12,19H2,1-4H3. The quantitative estimate of drug-likeness (QED) is 0.881. The predicted molar refractivity (Wildman–Crippen MR) is 91.8 cm³/mol. The van der Waals surface area contributed by atoms with E-state index in [0.29, 0.717) is 5.92 Å². The lowest BCUT2D eigenvalue weighted by atomic mass is 10.0. The Morgan fingerprint density at radius 2 is 1.90 bits per heavy atom. The highest BCUT2D eigenvalue weighted by molar-refractivity contribution is 5.81. The largest absolute Gasteiger partial charge is 0.356 e. The summed E-state index contributed by atoms with van der Waals surface area (Å²) in [4.78, 5) is 7.29. The fraction of sp³-hybridized carbons (Fsp3) is 0.500. The SMILES string of the molecule is CCN(CC(C)C)c1nc2ccccc2cc1CC(C)N. The van der Waals surface area contributed by atoms with Gasteiger partial charge in [-0.25, -0.2) is 4.98 Å². The molecule has 0 saturated carbocycles. The minimum atomic E-state index is 0.143. The molecule has 0 aliphatic heterocycles. The molecule has 0 radical (unpaired) electrons. The minimum absolute atomic E-state index is 0.143. The van der Waals surface area contributed by atoms with Crippen molar-refractivity contribution >= 4 is 16.7 Å². The Kier molecular flexibility index (Phi) is 5.18. The Labute approximate surface area is 128 Å². The van der Waals surface area contributed by atoms with Crippen LogP contribution in [0.4, 0.5) is 5.82 Å². The van der Waals surface area contributed by atoms with E-state index in [-0.39, 0.29) is 6.04 Å². The second-order valence-electron chi connectivity index (χ2n) is 6.28. The van der Waals surface area contributed by atoms with E-state index in [1.165, 1.54) is 10.9 Å². The number of hydrogen-bond acceptors (Lipinski definition) is 3. The van der Waals surface area contributed by atoms with Crippen LogP contribution in [0.5, 0.6) is 0 Å². The van der Waals surface area contributed by atoms with Gasteiger partial charge in [-0.2, -0.15) is 0 Å². The van der Waals surface area contributed by atoms with Crippen LogP contribution in [0.2, 0.25) is 0 Å². The van der Waals surface area contributed by atoms with Gasteiger partial charge in [-0.1, -0.05) is 32.0 Å². The van der Waals surface area contributed by atoms with Crippen LogP contribution in [0.3, 0.4) is 0 Å². The Morgan fingerprint density at radius 1 is 1.19 bits per heavy atom. The number of aromatic nitrogens is 1. The molecule has 0 amide bonds. The molecule has 0 aliphatic rings. The number of pyridine rings is 1. The number of hydrogen-bond donors (Lipinski definition) is 1.